The Morgan fingerprint density at radius 3 is 2.63 bits per heavy atom. The van der Waals surface area contributed by atoms with Crippen LogP contribution in [0.1, 0.15) is 22.7 Å². The summed E-state index contributed by atoms with van der Waals surface area (Å²) in [5.74, 6) is 1.98. The zero-order valence-electron chi connectivity index (χ0n) is 16.2. The van der Waals surface area contributed by atoms with E-state index in [4.69, 9.17) is 9.72 Å². The average Bonchev–Trinajstić information content (AvgIpc) is 2.65. The highest BCUT2D eigenvalue weighted by Crippen LogP contribution is 2.38. The number of fused-ring (bicyclic) bond motifs is 2. The molecule has 0 amide bonds. The Hall–Kier alpha value is -2.10. The predicted molar refractivity (Wildman–Crippen MR) is 114 cm³/mol. The molecule has 0 aliphatic heterocycles. The molecule has 142 valence electrons. The van der Waals surface area contributed by atoms with Crippen LogP contribution in [-0.4, -0.2) is 37.6 Å². The van der Waals surface area contributed by atoms with Crippen molar-refractivity contribution in [2.75, 3.05) is 27.7 Å². The first-order valence-electron chi connectivity index (χ1n) is 9.30. The number of rotatable bonds is 4. The highest BCUT2D eigenvalue weighted by molar-refractivity contribution is 5.85. The Morgan fingerprint density at radius 1 is 1.04 bits per heavy atom. The second-order valence-electron chi connectivity index (χ2n) is 7.60. The third-order valence-electron chi connectivity index (χ3n) is 5.48. The molecule has 0 saturated carbocycles. The number of aromatic nitrogens is 1. The second kappa shape index (κ2) is 8.28. The van der Waals surface area contributed by atoms with Crippen LogP contribution in [0.3, 0.4) is 0 Å². The molecule has 1 aliphatic rings. The quantitative estimate of drug-likeness (QED) is 0.652. The summed E-state index contributed by atoms with van der Waals surface area (Å²) in [6.07, 6.45) is 2.07. The maximum Gasteiger partial charge on any atom is 0.119 e. The van der Waals surface area contributed by atoms with Gasteiger partial charge >= 0.3 is 0 Å². The predicted octanol–water partition coefficient (Wildman–Crippen LogP) is 4.73. The number of para-hydroxylation sites is 1. The lowest BCUT2D eigenvalue weighted by atomic mass is 9.74. The lowest BCUT2D eigenvalue weighted by molar-refractivity contribution is 0.274. The monoisotopic (exact) mass is 382 g/mol. The van der Waals surface area contributed by atoms with Gasteiger partial charge in [-0.05, 0) is 74.2 Å². The lowest BCUT2D eigenvalue weighted by Crippen LogP contribution is -2.33. The van der Waals surface area contributed by atoms with Crippen LogP contribution in [0.4, 0.5) is 0 Å². The number of nitrogens with zero attached hydrogens (tertiary/aromatic N) is 2. The van der Waals surface area contributed by atoms with Crippen LogP contribution in [0.5, 0.6) is 5.75 Å². The van der Waals surface area contributed by atoms with Crippen molar-refractivity contribution in [1.82, 2.24) is 9.88 Å². The molecule has 0 bridgehead atoms. The van der Waals surface area contributed by atoms with E-state index < -0.39 is 0 Å². The number of benzene rings is 2. The molecule has 3 aromatic rings. The van der Waals surface area contributed by atoms with Crippen molar-refractivity contribution in [2.45, 2.75) is 18.8 Å². The van der Waals surface area contributed by atoms with Gasteiger partial charge in [0.25, 0.3) is 0 Å². The second-order valence-corrected chi connectivity index (χ2v) is 7.60. The zero-order valence-corrected chi connectivity index (χ0v) is 17.0. The summed E-state index contributed by atoms with van der Waals surface area (Å²) in [7, 11) is 6.06. The Balaban J connectivity index is 0.00000210. The smallest absolute Gasteiger partial charge is 0.119 e. The highest BCUT2D eigenvalue weighted by atomic mass is 35.5. The first-order chi connectivity index (χ1) is 12.6. The molecule has 2 aromatic carbocycles. The zero-order chi connectivity index (χ0) is 18.1. The summed E-state index contributed by atoms with van der Waals surface area (Å²) in [4.78, 5) is 7.31. The number of ether oxygens (including phenoxy) is 1. The molecule has 27 heavy (non-hydrogen) atoms. The van der Waals surface area contributed by atoms with Crippen molar-refractivity contribution in [3.05, 3.63) is 71.4 Å². The molecule has 1 heterocycles. The van der Waals surface area contributed by atoms with Gasteiger partial charge < -0.3 is 9.64 Å². The minimum Gasteiger partial charge on any atom is -0.497 e. The van der Waals surface area contributed by atoms with Crippen molar-refractivity contribution in [1.29, 1.82) is 0 Å². The fourth-order valence-corrected chi connectivity index (χ4v) is 4.28. The van der Waals surface area contributed by atoms with Crippen molar-refractivity contribution in [3.8, 4) is 5.75 Å². The van der Waals surface area contributed by atoms with Crippen LogP contribution < -0.4 is 4.74 Å². The lowest BCUT2D eigenvalue weighted by Gasteiger charge is -2.35. The van der Waals surface area contributed by atoms with E-state index in [0.717, 1.165) is 30.7 Å². The number of halogens is 1. The van der Waals surface area contributed by atoms with E-state index in [9.17, 15) is 0 Å². The molecule has 0 N–H and O–H groups in total. The molecule has 0 fully saturated rings. The van der Waals surface area contributed by atoms with Gasteiger partial charge in [0.05, 0.1) is 12.6 Å². The normalized spacial score (nSPS) is 18.8. The van der Waals surface area contributed by atoms with Gasteiger partial charge in [-0.3, -0.25) is 4.98 Å². The molecule has 2 atom stereocenters. The van der Waals surface area contributed by atoms with E-state index in [0.29, 0.717) is 11.8 Å². The van der Waals surface area contributed by atoms with Gasteiger partial charge in [0, 0.05) is 17.6 Å². The van der Waals surface area contributed by atoms with E-state index in [2.05, 4.69) is 67.5 Å². The maximum absolute atomic E-state index is 5.46. The number of hydrogen-bond acceptors (Lipinski definition) is 3. The largest absolute Gasteiger partial charge is 0.497 e. The summed E-state index contributed by atoms with van der Waals surface area (Å²) in [6, 6.07) is 19.3. The van der Waals surface area contributed by atoms with Gasteiger partial charge in [-0.15, -0.1) is 12.4 Å². The summed E-state index contributed by atoms with van der Waals surface area (Å²) in [6.45, 7) is 1.08. The Labute approximate surface area is 167 Å². The minimum atomic E-state index is 0. The molecular weight excluding hydrogens is 356 g/mol. The Morgan fingerprint density at radius 2 is 1.85 bits per heavy atom. The van der Waals surface area contributed by atoms with Gasteiger partial charge in [0.15, 0.2) is 0 Å². The molecule has 0 saturated heterocycles. The van der Waals surface area contributed by atoms with Crippen LogP contribution in [0.15, 0.2) is 54.6 Å². The summed E-state index contributed by atoms with van der Waals surface area (Å²) in [5.41, 5.74) is 5.12. The van der Waals surface area contributed by atoms with Gasteiger partial charge in [-0.1, -0.05) is 30.3 Å². The third-order valence-corrected chi connectivity index (χ3v) is 5.48. The van der Waals surface area contributed by atoms with E-state index in [-0.39, 0.29) is 12.4 Å². The van der Waals surface area contributed by atoms with Crippen molar-refractivity contribution in [2.24, 2.45) is 5.92 Å². The van der Waals surface area contributed by atoms with Gasteiger partial charge in [0.1, 0.15) is 5.75 Å². The third kappa shape index (κ3) is 4.10. The summed E-state index contributed by atoms with van der Waals surface area (Å²) in [5, 5.41) is 1.25. The number of hydrogen-bond donors (Lipinski definition) is 0. The van der Waals surface area contributed by atoms with E-state index in [1.54, 1.807) is 7.11 Å². The van der Waals surface area contributed by atoms with E-state index >= 15 is 0 Å². The van der Waals surface area contributed by atoms with Crippen molar-refractivity contribution >= 4 is 23.3 Å². The fraction of sp³-hybridized carbons (Fsp3) is 0.348. The van der Waals surface area contributed by atoms with Crippen LogP contribution in [0.2, 0.25) is 0 Å². The molecule has 4 rings (SSSR count). The molecule has 4 heteroatoms. The standard InChI is InChI=1S/C23H26N2O.ClH/c1-25(2)15-19-12-18-11-17-7-4-5-10-22(17)24-23(18)14-21(19)16-8-6-9-20(13-16)26-3;/h4-11,13,19,21H,12,14-15H2,1-3H3;1H/t19-,21-;/m0./s1. The van der Waals surface area contributed by atoms with E-state index in [1.165, 1.54) is 22.2 Å². The first kappa shape index (κ1) is 19.7. The van der Waals surface area contributed by atoms with E-state index in [1.807, 2.05) is 6.07 Å². The Kier molecular flexibility index (Phi) is 6.03. The van der Waals surface area contributed by atoms with Crippen molar-refractivity contribution in [3.63, 3.8) is 0 Å². The average molecular weight is 383 g/mol. The molecular formula is C23H27ClN2O. The maximum atomic E-state index is 5.46. The molecule has 3 nitrogen and oxygen atoms in total. The molecule has 0 unspecified atom stereocenters. The Bertz CT molecular complexity index is 925. The summed E-state index contributed by atoms with van der Waals surface area (Å²) < 4.78 is 5.46. The first-order valence-corrected chi connectivity index (χ1v) is 9.30. The van der Waals surface area contributed by atoms with Gasteiger partial charge in [-0.25, -0.2) is 0 Å². The number of pyridine rings is 1. The van der Waals surface area contributed by atoms with Crippen LogP contribution in [0.25, 0.3) is 10.9 Å². The fourth-order valence-electron chi connectivity index (χ4n) is 4.28. The van der Waals surface area contributed by atoms with Crippen LogP contribution in [0, 0.1) is 5.92 Å². The topological polar surface area (TPSA) is 25.4 Å². The van der Waals surface area contributed by atoms with Crippen molar-refractivity contribution < 1.29 is 4.74 Å². The molecule has 0 radical (unpaired) electrons. The van der Waals surface area contributed by atoms with Crippen LogP contribution >= 0.6 is 12.4 Å². The number of methoxy groups -OCH3 is 1. The van der Waals surface area contributed by atoms with Gasteiger partial charge in [-0.2, -0.15) is 0 Å². The SMILES string of the molecule is COc1cccc([C@@H]2Cc3nc4ccccc4cc3C[C@H]2CN(C)C)c1.Cl. The molecule has 1 aliphatic carbocycles. The summed E-state index contributed by atoms with van der Waals surface area (Å²) >= 11 is 0. The minimum absolute atomic E-state index is 0. The highest BCUT2D eigenvalue weighted by Gasteiger charge is 2.31. The van der Waals surface area contributed by atoms with Gasteiger partial charge in [0.2, 0.25) is 0 Å². The molecule has 0 spiro atoms. The van der Waals surface area contributed by atoms with Crippen LogP contribution in [-0.2, 0) is 12.8 Å². The molecule has 1 aromatic heterocycles.